The molecule has 1 saturated carbocycles. The maximum Gasteiger partial charge on any atom is 0.0992 e. The fraction of sp³-hybridized carbons (Fsp3) is 0.500. The van der Waals surface area contributed by atoms with Crippen LogP contribution in [-0.2, 0) is 0 Å². The van der Waals surface area contributed by atoms with Crippen LogP contribution in [0.1, 0.15) is 24.5 Å². The Labute approximate surface area is 96.5 Å². The molecule has 0 aromatic heterocycles. The number of nitriles is 1. The number of anilines is 1. The molecule has 2 nitrogen and oxygen atoms in total. The molecule has 82 valence electrons. The van der Waals surface area contributed by atoms with Gasteiger partial charge in [-0.05, 0) is 48.4 Å². The number of hydrogen-bond acceptors (Lipinski definition) is 2. The third-order valence-electron chi connectivity index (χ3n) is 4.09. The molecule has 0 N–H and O–H groups in total. The molecule has 2 aliphatic rings. The Bertz CT molecular complexity index is 486. The Balaban J connectivity index is 1.90. The van der Waals surface area contributed by atoms with E-state index in [1.54, 1.807) is 0 Å². The fourth-order valence-corrected chi connectivity index (χ4v) is 2.96. The van der Waals surface area contributed by atoms with Crippen molar-refractivity contribution in [3.05, 3.63) is 29.3 Å². The lowest BCUT2D eigenvalue weighted by Gasteiger charge is -2.22. The van der Waals surface area contributed by atoms with E-state index in [9.17, 15) is 0 Å². The minimum atomic E-state index is 0.566. The first kappa shape index (κ1) is 9.72. The van der Waals surface area contributed by atoms with Crippen molar-refractivity contribution in [2.45, 2.75) is 20.3 Å². The Hall–Kier alpha value is -1.49. The highest BCUT2D eigenvalue weighted by Crippen LogP contribution is 2.57. The molecule has 1 aliphatic carbocycles. The molecule has 2 fully saturated rings. The smallest absolute Gasteiger partial charge is 0.0992 e. The van der Waals surface area contributed by atoms with Gasteiger partial charge in [-0.15, -0.1) is 0 Å². The van der Waals surface area contributed by atoms with Crippen molar-refractivity contribution in [3.63, 3.8) is 0 Å². The zero-order valence-electron chi connectivity index (χ0n) is 9.83. The summed E-state index contributed by atoms with van der Waals surface area (Å²) in [5.74, 6) is 0.888. The minimum absolute atomic E-state index is 0.566. The van der Waals surface area contributed by atoms with Crippen molar-refractivity contribution in [2.75, 3.05) is 18.0 Å². The number of aryl methyl sites for hydroxylation is 1. The Morgan fingerprint density at radius 3 is 2.88 bits per heavy atom. The first-order valence-corrected chi connectivity index (χ1v) is 5.87. The summed E-state index contributed by atoms with van der Waals surface area (Å²) in [6.07, 6.45) is 1.39. The van der Waals surface area contributed by atoms with Crippen molar-refractivity contribution >= 4 is 5.69 Å². The lowest BCUT2D eigenvalue weighted by Crippen LogP contribution is -2.23. The molecule has 2 heteroatoms. The quantitative estimate of drug-likeness (QED) is 0.715. The zero-order chi connectivity index (χ0) is 11.3. The number of hydrogen-bond donors (Lipinski definition) is 0. The topological polar surface area (TPSA) is 27.0 Å². The van der Waals surface area contributed by atoms with Gasteiger partial charge in [-0.1, -0.05) is 6.92 Å². The SMILES string of the molecule is Cc1cc(C#N)cc(N2CC3CC3(C)C2)c1. The molecule has 1 saturated heterocycles. The second-order valence-electron chi connectivity index (χ2n) is 5.60. The molecule has 0 bridgehead atoms. The fourth-order valence-electron chi connectivity index (χ4n) is 2.96. The number of fused-ring (bicyclic) bond motifs is 1. The van der Waals surface area contributed by atoms with Gasteiger partial charge in [0.25, 0.3) is 0 Å². The first-order valence-electron chi connectivity index (χ1n) is 5.87. The predicted octanol–water partition coefficient (Wildman–Crippen LogP) is 2.71. The third kappa shape index (κ3) is 1.39. The van der Waals surface area contributed by atoms with Crippen molar-refractivity contribution in [1.82, 2.24) is 0 Å². The van der Waals surface area contributed by atoms with E-state index >= 15 is 0 Å². The summed E-state index contributed by atoms with van der Waals surface area (Å²) in [6.45, 7) is 6.76. The number of nitrogens with zero attached hydrogens (tertiary/aromatic N) is 2. The first-order chi connectivity index (χ1) is 7.60. The Morgan fingerprint density at radius 1 is 1.44 bits per heavy atom. The third-order valence-corrected chi connectivity index (χ3v) is 4.09. The number of benzene rings is 1. The highest BCUT2D eigenvalue weighted by molar-refractivity contribution is 5.55. The van der Waals surface area contributed by atoms with Crippen LogP contribution in [0.3, 0.4) is 0 Å². The molecule has 0 spiro atoms. The monoisotopic (exact) mass is 212 g/mol. The van der Waals surface area contributed by atoms with Crippen LogP contribution in [0.15, 0.2) is 18.2 Å². The normalized spacial score (nSPS) is 31.1. The average Bonchev–Trinajstić information content (AvgIpc) is 2.76. The zero-order valence-corrected chi connectivity index (χ0v) is 9.83. The molecule has 0 amide bonds. The summed E-state index contributed by atoms with van der Waals surface area (Å²) in [7, 11) is 0. The Kier molecular flexibility index (Phi) is 1.83. The molecule has 1 heterocycles. The van der Waals surface area contributed by atoms with E-state index in [-0.39, 0.29) is 0 Å². The standard InChI is InChI=1S/C14H16N2/c1-10-3-11(7-15)5-13(4-10)16-8-12-6-14(12,2)9-16/h3-5,12H,6,8-9H2,1-2H3. The molecule has 0 radical (unpaired) electrons. The number of piperidine rings is 1. The van der Waals surface area contributed by atoms with Crippen molar-refractivity contribution in [1.29, 1.82) is 5.26 Å². The van der Waals surface area contributed by atoms with Crippen LogP contribution < -0.4 is 4.90 Å². The van der Waals surface area contributed by atoms with E-state index in [1.165, 1.54) is 24.2 Å². The van der Waals surface area contributed by atoms with Crippen LogP contribution in [0.2, 0.25) is 0 Å². The molecule has 1 aromatic rings. The van der Waals surface area contributed by atoms with Gasteiger partial charge in [0, 0.05) is 18.8 Å². The molecule has 2 unspecified atom stereocenters. The van der Waals surface area contributed by atoms with Gasteiger partial charge < -0.3 is 4.90 Å². The van der Waals surface area contributed by atoms with Crippen LogP contribution >= 0.6 is 0 Å². The summed E-state index contributed by atoms with van der Waals surface area (Å²) in [5.41, 5.74) is 3.75. The van der Waals surface area contributed by atoms with Gasteiger partial charge >= 0.3 is 0 Å². The van der Waals surface area contributed by atoms with Gasteiger partial charge in [-0.3, -0.25) is 0 Å². The molecule has 1 aliphatic heterocycles. The van der Waals surface area contributed by atoms with Crippen LogP contribution in [0.4, 0.5) is 5.69 Å². The maximum atomic E-state index is 8.97. The lowest BCUT2D eigenvalue weighted by atomic mass is 10.1. The summed E-state index contributed by atoms with van der Waals surface area (Å²) in [5, 5.41) is 8.97. The van der Waals surface area contributed by atoms with E-state index in [1.807, 2.05) is 12.1 Å². The van der Waals surface area contributed by atoms with Gasteiger partial charge in [0.1, 0.15) is 0 Å². The van der Waals surface area contributed by atoms with Crippen molar-refractivity contribution in [3.8, 4) is 6.07 Å². The van der Waals surface area contributed by atoms with Crippen molar-refractivity contribution in [2.24, 2.45) is 11.3 Å². The van der Waals surface area contributed by atoms with E-state index in [0.29, 0.717) is 5.41 Å². The maximum absolute atomic E-state index is 8.97. The summed E-state index contributed by atoms with van der Waals surface area (Å²) in [4.78, 5) is 2.43. The molecule has 16 heavy (non-hydrogen) atoms. The molecule has 2 atom stereocenters. The lowest BCUT2D eigenvalue weighted by molar-refractivity contribution is 0.596. The van der Waals surface area contributed by atoms with Gasteiger partial charge in [0.15, 0.2) is 0 Å². The average molecular weight is 212 g/mol. The largest absolute Gasteiger partial charge is 0.371 e. The minimum Gasteiger partial charge on any atom is -0.371 e. The molecule has 1 aromatic carbocycles. The molecular formula is C14H16N2. The van der Waals surface area contributed by atoms with Crippen LogP contribution in [-0.4, -0.2) is 13.1 Å². The molecule has 3 rings (SSSR count). The van der Waals surface area contributed by atoms with E-state index < -0.39 is 0 Å². The van der Waals surface area contributed by atoms with Gasteiger partial charge in [0.05, 0.1) is 11.6 Å². The number of rotatable bonds is 1. The molecular weight excluding hydrogens is 196 g/mol. The summed E-state index contributed by atoms with van der Waals surface area (Å²) >= 11 is 0. The predicted molar refractivity (Wildman–Crippen MR) is 64.3 cm³/mol. The summed E-state index contributed by atoms with van der Waals surface area (Å²) < 4.78 is 0. The van der Waals surface area contributed by atoms with Gasteiger partial charge in [0.2, 0.25) is 0 Å². The Morgan fingerprint density at radius 2 is 2.25 bits per heavy atom. The van der Waals surface area contributed by atoms with Crippen LogP contribution in [0.25, 0.3) is 0 Å². The highest BCUT2D eigenvalue weighted by Gasteiger charge is 2.56. The second kappa shape index (κ2) is 3.01. The van der Waals surface area contributed by atoms with E-state index in [0.717, 1.165) is 18.0 Å². The van der Waals surface area contributed by atoms with Crippen LogP contribution in [0, 0.1) is 29.6 Å². The van der Waals surface area contributed by atoms with Crippen molar-refractivity contribution < 1.29 is 0 Å². The summed E-state index contributed by atoms with van der Waals surface area (Å²) in [6, 6.07) is 8.39. The van der Waals surface area contributed by atoms with E-state index in [4.69, 9.17) is 5.26 Å². The highest BCUT2D eigenvalue weighted by atomic mass is 15.2. The van der Waals surface area contributed by atoms with Crippen LogP contribution in [0.5, 0.6) is 0 Å². The van der Waals surface area contributed by atoms with Gasteiger partial charge in [-0.25, -0.2) is 0 Å². The second-order valence-corrected chi connectivity index (χ2v) is 5.60. The van der Waals surface area contributed by atoms with Gasteiger partial charge in [-0.2, -0.15) is 5.26 Å². The van der Waals surface area contributed by atoms with E-state index in [2.05, 4.69) is 30.9 Å².